The molecule has 0 saturated heterocycles. The first kappa shape index (κ1) is 12.7. The molecular weight excluding hydrogens is 250 g/mol. The lowest BCUT2D eigenvalue weighted by atomic mass is 10.0. The molecule has 0 atom stereocenters. The molecule has 0 bridgehead atoms. The van der Waals surface area contributed by atoms with Crippen molar-refractivity contribution >= 4 is 10.8 Å². The molecule has 1 heterocycles. The molecule has 4 heteroatoms. The van der Waals surface area contributed by atoms with Crippen LogP contribution in [0.3, 0.4) is 0 Å². The van der Waals surface area contributed by atoms with Crippen LogP contribution < -0.4 is 5.32 Å². The second-order valence-electron chi connectivity index (χ2n) is 4.84. The van der Waals surface area contributed by atoms with Gasteiger partial charge >= 0.3 is 0 Å². The maximum atomic E-state index is 10.1. The number of imidazole rings is 1. The lowest BCUT2D eigenvalue weighted by Crippen LogP contribution is -2.16. The minimum atomic E-state index is 0.330. The van der Waals surface area contributed by atoms with Crippen molar-refractivity contribution in [2.75, 3.05) is 0 Å². The van der Waals surface area contributed by atoms with Gasteiger partial charge in [-0.2, -0.15) is 0 Å². The molecule has 0 amide bonds. The lowest BCUT2D eigenvalue weighted by molar-refractivity contribution is 0.465. The zero-order chi connectivity index (χ0) is 13.9. The van der Waals surface area contributed by atoms with E-state index in [1.54, 1.807) is 12.3 Å². The first-order valence-corrected chi connectivity index (χ1v) is 6.62. The molecule has 0 fully saturated rings. The second-order valence-corrected chi connectivity index (χ2v) is 4.84. The minimum absolute atomic E-state index is 0.330. The Morgan fingerprint density at radius 3 is 2.80 bits per heavy atom. The van der Waals surface area contributed by atoms with Crippen molar-refractivity contribution < 1.29 is 5.11 Å². The maximum Gasteiger partial charge on any atom is 0.122 e. The van der Waals surface area contributed by atoms with Crippen LogP contribution in [0.2, 0.25) is 0 Å². The van der Waals surface area contributed by atoms with Crippen molar-refractivity contribution in [1.29, 1.82) is 0 Å². The monoisotopic (exact) mass is 267 g/mol. The molecule has 3 rings (SSSR count). The van der Waals surface area contributed by atoms with Gasteiger partial charge in [-0.25, -0.2) is 4.98 Å². The number of hydrogen-bond acceptors (Lipinski definition) is 3. The third-order valence-corrected chi connectivity index (χ3v) is 3.52. The number of hydrogen-bond donors (Lipinski definition) is 2. The largest absolute Gasteiger partial charge is 0.508 e. The van der Waals surface area contributed by atoms with Crippen molar-refractivity contribution in [3.63, 3.8) is 0 Å². The van der Waals surface area contributed by atoms with E-state index in [4.69, 9.17) is 0 Å². The first-order valence-electron chi connectivity index (χ1n) is 6.62. The van der Waals surface area contributed by atoms with Crippen LogP contribution in [0.5, 0.6) is 5.75 Å². The number of phenols is 1. The normalized spacial score (nSPS) is 11.1. The summed E-state index contributed by atoms with van der Waals surface area (Å²) in [7, 11) is 1.97. The van der Waals surface area contributed by atoms with E-state index in [2.05, 4.69) is 16.4 Å². The fourth-order valence-corrected chi connectivity index (χ4v) is 2.38. The molecule has 1 aromatic heterocycles. The Bertz CT molecular complexity index is 733. The van der Waals surface area contributed by atoms with Crippen LogP contribution in [0.15, 0.2) is 48.8 Å². The number of aryl methyl sites for hydroxylation is 1. The zero-order valence-electron chi connectivity index (χ0n) is 11.4. The van der Waals surface area contributed by atoms with Gasteiger partial charge in [0.1, 0.15) is 11.6 Å². The van der Waals surface area contributed by atoms with Crippen molar-refractivity contribution in [3.8, 4) is 5.75 Å². The van der Waals surface area contributed by atoms with Gasteiger partial charge in [-0.1, -0.05) is 30.3 Å². The van der Waals surface area contributed by atoms with Gasteiger partial charge in [0, 0.05) is 31.5 Å². The SMILES string of the molecule is Cn1ccnc1CNCc1c(O)ccc2ccccc12. The van der Waals surface area contributed by atoms with E-state index < -0.39 is 0 Å². The highest BCUT2D eigenvalue weighted by Gasteiger charge is 2.07. The summed E-state index contributed by atoms with van der Waals surface area (Å²) >= 11 is 0. The highest BCUT2D eigenvalue weighted by atomic mass is 16.3. The fourth-order valence-electron chi connectivity index (χ4n) is 2.38. The average molecular weight is 267 g/mol. The molecule has 0 radical (unpaired) electrons. The van der Waals surface area contributed by atoms with Gasteiger partial charge in [0.05, 0.1) is 6.54 Å². The van der Waals surface area contributed by atoms with E-state index in [0.29, 0.717) is 18.8 Å². The molecule has 2 aromatic carbocycles. The summed E-state index contributed by atoms with van der Waals surface area (Å²) in [5.74, 6) is 1.31. The number of benzene rings is 2. The molecule has 0 aliphatic carbocycles. The molecule has 3 aromatic rings. The number of aromatic hydroxyl groups is 1. The average Bonchev–Trinajstić information content (AvgIpc) is 2.87. The Morgan fingerprint density at radius 2 is 2.00 bits per heavy atom. The Labute approximate surface area is 117 Å². The van der Waals surface area contributed by atoms with E-state index in [9.17, 15) is 5.11 Å². The van der Waals surface area contributed by atoms with Gasteiger partial charge in [0.15, 0.2) is 0 Å². The summed E-state index contributed by atoms with van der Waals surface area (Å²) in [4.78, 5) is 4.27. The van der Waals surface area contributed by atoms with E-state index in [0.717, 1.165) is 22.2 Å². The molecular formula is C16H17N3O. The number of rotatable bonds is 4. The third-order valence-electron chi connectivity index (χ3n) is 3.52. The van der Waals surface area contributed by atoms with Crippen LogP contribution in [0.4, 0.5) is 0 Å². The van der Waals surface area contributed by atoms with Gasteiger partial charge in [0.2, 0.25) is 0 Å². The Balaban J connectivity index is 1.80. The van der Waals surface area contributed by atoms with Crippen LogP contribution in [-0.2, 0) is 20.1 Å². The van der Waals surface area contributed by atoms with Crippen molar-refractivity contribution in [2.24, 2.45) is 7.05 Å². The molecule has 4 nitrogen and oxygen atoms in total. The summed E-state index contributed by atoms with van der Waals surface area (Å²) < 4.78 is 1.98. The number of nitrogens with zero attached hydrogens (tertiary/aromatic N) is 2. The highest BCUT2D eigenvalue weighted by molar-refractivity contribution is 5.87. The predicted molar refractivity (Wildman–Crippen MR) is 79.4 cm³/mol. The number of fused-ring (bicyclic) bond motifs is 1. The van der Waals surface area contributed by atoms with Crippen LogP contribution in [-0.4, -0.2) is 14.7 Å². The molecule has 0 spiro atoms. The van der Waals surface area contributed by atoms with Gasteiger partial charge in [-0.3, -0.25) is 0 Å². The van der Waals surface area contributed by atoms with E-state index in [1.807, 2.05) is 42.1 Å². The van der Waals surface area contributed by atoms with Crippen molar-refractivity contribution in [3.05, 3.63) is 60.2 Å². The first-order chi connectivity index (χ1) is 9.75. The molecule has 0 unspecified atom stereocenters. The summed E-state index contributed by atoms with van der Waals surface area (Å²) in [6.45, 7) is 1.28. The third kappa shape index (κ3) is 2.38. The summed E-state index contributed by atoms with van der Waals surface area (Å²) in [6, 6.07) is 11.8. The van der Waals surface area contributed by atoms with Crippen LogP contribution in [0.25, 0.3) is 10.8 Å². The Kier molecular flexibility index (Phi) is 3.39. The number of aromatic nitrogens is 2. The van der Waals surface area contributed by atoms with Crippen LogP contribution in [0, 0.1) is 0 Å². The lowest BCUT2D eigenvalue weighted by Gasteiger charge is -2.10. The molecule has 0 aliphatic heterocycles. The van der Waals surface area contributed by atoms with E-state index in [-0.39, 0.29) is 0 Å². The molecule has 0 aliphatic rings. The van der Waals surface area contributed by atoms with E-state index >= 15 is 0 Å². The van der Waals surface area contributed by atoms with Crippen molar-refractivity contribution in [2.45, 2.75) is 13.1 Å². The molecule has 20 heavy (non-hydrogen) atoms. The summed E-state index contributed by atoms with van der Waals surface area (Å²) in [6.07, 6.45) is 3.71. The van der Waals surface area contributed by atoms with Gasteiger partial charge < -0.3 is 15.0 Å². The van der Waals surface area contributed by atoms with Crippen LogP contribution in [0.1, 0.15) is 11.4 Å². The minimum Gasteiger partial charge on any atom is -0.508 e. The molecule has 2 N–H and O–H groups in total. The smallest absolute Gasteiger partial charge is 0.122 e. The van der Waals surface area contributed by atoms with E-state index in [1.165, 1.54) is 0 Å². The Hall–Kier alpha value is -2.33. The summed E-state index contributed by atoms with van der Waals surface area (Å²) in [5, 5.41) is 15.6. The molecule has 0 saturated carbocycles. The molecule has 102 valence electrons. The second kappa shape index (κ2) is 5.35. The summed E-state index contributed by atoms with van der Waals surface area (Å²) in [5.41, 5.74) is 0.928. The highest BCUT2D eigenvalue weighted by Crippen LogP contribution is 2.26. The van der Waals surface area contributed by atoms with Gasteiger partial charge in [-0.05, 0) is 16.8 Å². The number of nitrogens with one attached hydrogen (secondary N) is 1. The quantitative estimate of drug-likeness (QED) is 0.764. The zero-order valence-corrected chi connectivity index (χ0v) is 11.4. The Morgan fingerprint density at radius 1 is 1.15 bits per heavy atom. The predicted octanol–water partition coefficient (Wildman–Crippen LogP) is 2.57. The topological polar surface area (TPSA) is 50.1 Å². The number of phenolic OH excluding ortho intramolecular Hbond substituents is 1. The fraction of sp³-hybridized carbons (Fsp3) is 0.188. The van der Waals surface area contributed by atoms with Gasteiger partial charge in [-0.15, -0.1) is 0 Å². The van der Waals surface area contributed by atoms with Gasteiger partial charge in [0.25, 0.3) is 0 Å². The maximum absolute atomic E-state index is 10.1. The standard InChI is InChI=1S/C16H17N3O/c1-19-9-8-18-16(19)11-17-10-14-13-5-3-2-4-12(13)6-7-15(14)20/h2-9,17,20H,10-11H2,1H3. The van der Waals surface area contributed by atoms with Crippen molar-refractivity contribution in [1.82, 2.24) is 14.9 Å². The van der Waals surface area contributed by atoms with Crippen LogP contribution >= 0.6 is 0 Å².